The second kappa shape index (κ2) is 10.5. The summed E-state index contributed by atoms with van der Waals surface area (Å²) in [7, 11) is 0. The van der Waals surface area contributed by atoms with Crippen molar-refractivity contribution in [1.29, 1.82) is 0 Å². The maximum absolute atomic E-state index is 3.54. The Balaban J connectivity index is 1.61. The van der Waals surface area contributed by atoms with E-state index in [1.165, 1.54) is 58.8 Å². The molecule has 0 aliphatic rings. The van der Waals surface area contributed by atoms with E-state index in [-0.39, 0.29) is 0 Å². The summed E-state index contributed by atoms with van der Waals surface area (Å²) in [4.78, 5) is 0. The molecule has 3 rings (SSSR count). The normalized spacial score (nSPS) is 10.7. The van der Waals surface area contributed by atoms with Gasteiger partial charge in [-0.2, -0.15) is 0 Å². The lowest BCUT2D eigenvalue weighted by Gasteiger charge is -2.11. The number of alkyl halides is 1. The van der Waals surface area contributed by atoms with Crippen LogP contribution in [0.3, 0.4) is 0 Å². The predicted octanol–water partition coefficient (Wildman–Crippen LogP) is 7.94. The minimum Gasteiger partial charge on any atom is -0.356 e. The van der Waals surface area contributed by atoms with E-state index >= 15 is 0 Å². The Kier molecular flexibility index (Phi) is 7.76. The first kappa shape index (κ1) is 19.9. The molecular weight excluding hydrogens is 441 g/mol. The van der Waals surface area contributed by atoms with Gasteiger partial charge in [-0.1, -0.05) is 84.0 Å². The molecule has 1 nitrogen and oxygen atoms in total. The fourth-order valence-electron chi connectivity index (χ4n) is 3.36. The SMILES string of the molecule is Cc1ccccc1-c1cccc(Nc2ccc(CCCCCCI)cc2)c1. The molecule has 3 aromatic rings. The van der Waals surface area contributed by atoms with E-state index in [9.17, 15) is 0 Å². The van der Waals surface area contributed by atoms with E-state index in [1.54, 1.807) is 0 Å². The number of halogens is 1. The molecule has 0 aromatic heterocycles. The molecule has 0 aliphatic carbocycles. The number of benzene rings is 3. The summed E-state index contributed by atoms with van der Waals surface area (Å²) in [6.45, 7) is 2.16. The highest BCUT2D eigenvalue weighted by atomic mass is 127. The van der Waals surface area contributed by atoms with Crippen molar-refractivity contribution in [2.24, 2.45) is 0 Å². The summed E-state index contributed by atoms with van der Waals surface area (Å²) in [5.74, 6) is 0. The molecule has 3 aromatic carbocycles. The molecule has 0 saturated carbocycles. The van der Waals surface area contributed by atoms with Crippen molar-refractivity contribution in [3.05, 3.63) is 83.9 Å². The van der Waals surface area contributed by atoms with Gasteiger partial charge < -0.3 is 5.32 Å². The molecule has 1 N–H and O–H groups in total. The quantitative estimate of drug-likeness (QED) is 0.191. The lowest BCUT2D eigenvalue weighted by Crippen LogP contribution is -1.92. The second-order valence-corrected chi connectivity index (χ2v) is 8.15. The fraction of sp³-hybridized carbons (Fsp3) is 0.280. The molecule has 0 atom stereocenters. The van der Waals surface area contributed by atoms with Crippen molar-refractivity contribution in [3.63, 3.8) is 0 Å². The van der Waals surface area contributed by atoms with E-state index in [0.717, 1.165) is 11.4 Å². The molecule has 0 unspecified atom stereocenters. The van der Waals surface area contributed by atoms with Crippen LogP contribution in [0.25, 0.3) is 11.1 Å². The van der Waals surface area contributed by atoms with Crippen LogP contribution >= 0.6 is 22.6 Å². The van der Waals surface area contributed by atoms with Gasteiger partial charge in [0.1, 0.15) is 0 Å². The Labute approximate surface area is 177 Å². The van der Waals surface area contributed by atoms with Crippen molar-refractivity contribution in [2.75, 3.05) is 9.74 Å². The van der Waals surface area contributed by atoms with Crippen LogP contribution in [0.2, 0.25) is 0 Å². The number of aryl methyl sites for hydroxylation is 2. The number of unbranched alkanes of at least 4 members (excludes halogenated alkanes) is 3. The first-order valence-electron chi connectivity index (χ1n) is 9.84. The molecule has 2 heteroatoms. The van der Waals surface area contributed by atoms with Crippen molar-refractivity contribution >= 4 is 34.0 Å². The third-order valence-corrected chi connectivity index (χ3v) is 5.67. The highest BCUT2D eigenvalue weighted by Crippen LogP contribution is 2.27. The molecule has 0 spiro atoms. The van der Waals surface area contributed by atoms with Crippen LogP contribution in [0.4, 0.5) is 11.4 Å². The van der Waals surface area contributed by atoms with E-state index in [2.05, 4.69) is 108 Å². The molecule has 0 heterocycles. The minimum absolute atomic E-state index is 1.13. The Hall–Kier alpha value is -1.81. The van der Waals surface area contributed by atoms with Crippen molar-refractivity contribution in [1.82, 2.24) is 0 Å². The van der Waals surface area contributed by atoms with Crippen LogP contribution < -0.4 is 5.32 Å². The van der Waals surface area contributed by atoms with Gasteiger partial charge >= 0.3 is 0 Å². The minimum atomic E-state index is 1.13. The Morgan fingerprint density at radius 1 is 0.741 bits per heavy atom. The highest BCUT2D eigenvalue weighted by molar-refractivity contribution is 14.1. The van der Waals surface area contributed by atoms with Gasteiger partial charge in [0.05, 0.1) is 0 Å². The molecular formula is C25H28IN. The molecule has 140 valence electrons. The highest BCUT2D eigenvalue weighted by Gasteiger charge is 2.03. The summed E-state index contributed by atoms with van der Waals surface area (Å²) >= 11 is 2.46. The van der Waals surface area contributed by atoms with E-state index < -0.39 is 0 Å². The smallest absolute Gasteiger partial charge is 0.0390 e. The zero-order valence-corrected chi connectivity index (χ0v) is 18.2. The van der Waals surface area contributed by atoms with Gasteiger partial charge in [-0.15, -0.1) is 0 Å². The number of nitrogens with one attached hydrogen (secondary N) is 1. The third kappa shape index (κ3) is 6.10. The topological polar surface area (TPSA) is 12.0 Å². The monoisotopic (exact) mass is 469 g/mol. The van der Waals surface area contributed by atoms with Crippen molar-refractivity contribution in [2.45, 2.75) is 39.0 Å². The van der Waals surface area contributed by atoms with Crippen LogP contribution in [0, 0.1) is 6.92 Å². The van der Waals surface area contributed by atoms with Gasteiger partial charge in [-0.05, 0) is 77.1 Å². The van der Waals surface area contributed by atoms with Gasteiger partial charge in [0, 0.05) is 11.4 Å². The summed E-state index contributed by atoms with van der Waals surface area (Å²) in [5.41, 5.74) is 7.55. The van der Waals surface area contributed by atoms with Gasteiger partial charge in [0.25, 0.3) is 0 Å². The molecule has 0 bridgehead atoms. The Bertz CT molecular complexity index is 839. The lowest BCUT2D eigenvalue weighted by atomic mass is 10.0. The van der Waals surface area contributed by atoms with Gasteiger partial charge in [0.15, 0.2) is 0 Å². The third-order valence-electron chi connectivity index (χ3n) is 4.91. The van der Waals surface area contributed by atoms with Gasteiger partial charge in [-0.25, -0.2) is 0 Å². The molecule has 0 fully saturated rings. The van der Waals surface area contributed by atoms with Crippen LogP contribution in [0.1, 0.15) is 36.8 Å². The number of rotatable bonds is 9. The van der Waals surface area contributed by atoms with Crippen LogP contribution in [0.15, 0.2) is 72.8 Å². The largest absolute Gasteiger partial charge is 0.356 e. The number of hydrogen-bond donors (Lipinski definition) is 1. The first-order chi connectivity index (χ1) is 13.3. The molecule has 27 heavy (non-hydrogen) atoms. The first-order valence-corrected chi connectivity index (χ1v) is 11.4. The average molecular weight is 469 g/mol. The van der Waals surface area contributed by atoms with Gasteiger partial charge in [0.2, 0.25) is 0 Å². The second-order valence-electron chi connectivity index (χ2n) is 7.07. The Morgan fingerprint density at radius 2 is 1.52 bits per heavy atom. The van der Waals surface area contributed by atoms with Gasteiger partial charge in [-0.3, -0.25) is 0 Å². The average Bonchev–Trinajstić information content (AvgIpc) is 2.70. The van der Waals surface area contributed by atoms with E-state index in [1.807, 2.05) is 0 Å². The summed E-state index contributed by atoms with van der Waals surface area (Å²) < 4.78 is 1.28. The zero-order chi connectivity index (χ0) is 18.9. The standard InChI is InChI=1S/C25H28IN/c1-20-9-5-6-13-25(20)22-11-8-12-24(19-22)27-23-16-14-21(15-17-23)10-4-2-3-7-18-26/h5-6,8-9,11-17,19,27H,2-4,7,10,18H2,1H3. The van der Waals surface area contributed by atoms with Crippen LogP contribution in [-0.2, 0) is 6.42 Å². The maximum atomic E-state index is 3.54. The van der Waals surface area contributed by atoms with Crippen molar-refractivity contribution in [3.8, 4) is 11.1 Å². The molecule has 0 radical (unpaired) electrons. The summed E-state index contributed by atoms with van der Waals surface area (Å²) in [6, 6.07) is 26.1. The van der Waals surface area contributed by atoms with Crippen LogP contribution in [-0.4, -0.2) is 4.43 Å². The number of hydrogen-bond acceptors (Lipinski definition) is 1. The maximum Gasteiger partial charge on any atom is 0.0390 e. The van der Waals surface area contributed by atoms with Crippen molar-refractivity contribution < 1.29 is 0 Å². The van der Waals surface area contributed by atoms with E-state index in [0.29, 0.717) is 0 Å². The molecule has 0 aliphatic heterocycles. The predicted molar refractivity (Wildman–Crippen MR) is 127 cm³/mol. The molecule has 0 saturated heterocycles. The fourth-order valence-corrected chi connectivity index (χ4v) is 3.90. The van der Waals surface area contributed by atoms with E-state index in [4.69, 9.17) is 0 Å². The Morgan fingerprint density at radius 3 is 2.30 bits per heavy atom. The zero-order valence-electron chi connectivity index (χ0n) is 16.0. The summed E-state index contributed by atoms with van der Waals surface area (Å²) in [5, 5.41) is 3.54. The van der Waals surface area contributed by atoms with Crippen LogP contribution in [0.5, 0.6) is 0 Å². The lowest BCUT2D eigenvalue weighted by molar-refractivity contribution is 0.673. The number of anilines is 2. The summed E-state index contributed by atoms with van der Waals surface area (Å²) in [6.07, 6.45) is 6.53. The molecule has 0 amide bonds.